The molecular formula is C8H10BrN3O2. The molecule has 1 aromatic rings. The highest BCUT2D eigenvalue weighted by molar-refractivity contribution is 9.10. The summed E-state index contributed by atoms with van der Waals surface area (Å²) in [6.07, 6.45) is 1.69. The summed E-state index contributed by atoms with van der Waals surface area (Å²) in [7, 11) is 1.38. The van der Waals surface area contributed by atoms with E-state index in [0.717, 1.165) is 23.3 Å². The molecule has 0 bridgehead atoms. The molecule has 1 aliphatic heterocycles. The largest absolute Gasteiger partial charge is 0.468 e. The Labute approximate surface area is 89.5 Å². The molecule has 1 atom stereocenters. The second kappa shape index (κ2) is 3.70. The third-order valence-corrected chi connectivity index (χ3v) is 2.83. The van der Waals surface area contributed by atoms with Crippen molar-refractivity contribution in [3.63, 3.8) is 0 Å². The molecule has 0 spiro atoms. The molecule has 14 heavy (non-hydrogen) atoms. The van der Waals surface area contributed by atoms with Gasteiger partial charge in [0.2, 0.25) is 0 Å². The van der Waals surface area contributed by atoms with Gasteiger partial charge in [0.1, 0.15) is 6.04 Å². The molecular weight excluding hydrogens is 250 g/mol. The summed E-state index contributed by atoms with van der Waals surface area (Å²) >= 11 is 3.36. The van der Waals surface area contributed by atoms with Crippen molar-refractivity contribution in [2.75, 3.05) is 13.7 Å². The molecule has 0 fully saturated rings. The number of halogens is 1. The number of esters is 1. The monoisotopic (exact) mass is 259 g/mol. The number of hydrogen-bond donors (Lipinski definition) is 1. The zero-order valence-corrected chi connectivity index (χ0v) is 9.24. The van der Waals surface area contributed by atoms with Gasteiger partial charge in [-0.05, 0) is 15.9 Å². The third-order valence-electron chi connectivity index (χ3n) is 2.22. The van der Waals surface area contributed by atoms with Gasteiger partial charge < -0.3 is 4.74 Å². The smallest absolute Gasteiger partial charge is 0.329 e. The van der Waals surface area contributed by atoms with Gasteiger partial charge in [-0.3, -0.25) is 10.00 Å². The maximum Gasteiger partial charge on any atom is 0.329 e. The van der Waals surface area contributed by atoms with Gasteiger partial charge in [-0.15, -0.1) is 0 Å². The van der Waals surface area contributed by atoms with E-state index in [2.05, 4.69) is 26.3 Å². The molecule has 0 aliphatic carbocycles. The van der Waals surface area contributed by atoms with Crippen LogP contribution in [0, 0.1) is 0 Å². The van der Waals surface area contributed by atoms with Crippen LogP contribution in [0.3, 0.4) is 0 Å². The Hall–Kier alpha value is -0.880. The van der Waals surface area contributed by atoms with Crippen LogP contribution >= 0.6 is 15.9 Å². The standard InChI is InChI=1S/C8H10BrN3O2/c1-14-8(13)6-7-5(9)4-11-12(7)3-2-10-6/h4,6,10H,2-3H2,1H3. The van der Waals surface area contributed by atoms with Crippen molar-refractivity contribution in [1.29, 1.82) is 0 Å². The molecule has 1 unspecified atom stereocenters. The van der Waals surface area contributed by atoms with Crippen LogP contribution in [0.5, 0.6) is 0 Å². The zero-order chi connectivity index (χ0) is 10.1. The first kappa shape index (κ1) is 9.67. The number of rotatable bonds is 1. The molecule has 0 saturated carbocycles. The first-order valence-corrected chi connectivity index (χ1v) is 5.05. The lowest BCUT2D eigenvalue weighted by Gasteiger charge is -2.23. The van der Waals surface area contributed by atoms with Crippen LogP contribution in [0.2, 0.25) is 0 Å². The van der Waals surface area contributed by atoms with Gasteiger partial charge in [-0.25, -0.2) is 4.79 Å². The quantitative estimate of drug-likeness (QED) is 0.745. The Bertz CT molecular complexity index is 363. The van der Waals surface area contributed by atoms with E-state index in [9.17, 15) is 4.79 Å². The van der Waals surface area contributed by atoms with E-state index in [4.69, 9.17) is 4.74 Å². The Morgan fingerprint density at radius 1 is 1.86 bits per heavy atom. The van der Waals surface area contributed by atoms with Gasteiger partial charge in [0, 0.05) is 6.54 Å². The van der Waals surface area contributed by atoms with Gasteiger partial charge in [-0.1, -0.05) is 0 Å². The third kappa shape index (κ3) is 1.44. The number of carbonyl (C=O) groups is 1. The average Bonchev–Trinajstić information content (AvgIpc) is 2.59. The summed E-state index contributed by atoms with van der Waals surface area (Å²) in [6.45, 7) is 1.50. The molecule has 1 N–H and O–H groups in total. The molecule has 0 aromatic carbocycles. The van der Waals surface area contributed by atoms with Crippen LogP contribution in [-0.4, -0.2) is 29.4 Å². The van der Waals surface area contributed by atoms with Crippen LogP contribution < -0.4 is 5.32 Å². The number of nitrogens with one attached hydrogen (secondary N) is 1. The highest BCUT2D eigenvalue weighted by Gasteiger charge is 2.30. The van der Waals surface area contributed by atoms with Crippen molar-refractivity contribution in [3.05, 3.63) is 16.4 Å². The Morgan fingerprint density at radius 2 is 2.64 bits per heavy atom. The molecule has 2 heterocycles. The molecule has 0 amide bonds. The van der Waals surface area contributed by atoms with Gasteiger partial charge in [0.15, 0.2) is 0 Å². The van der Waals surface area contributed by atoms with Crippen molar-refractivity contribution >= 4 is 21.9 Å². The van der Waals surface area contributed by atoms with Crippen molar-refractivity contribution in [2.45, 2.75) is 12.6 Å². The van der Waals surface area contributed by atoms with Crippen molar-refractivity contribution < 1.29 is 9.53 Å². The maximum atomic E-state index is 11.4. The fraction of sp³-hybridized carbons (Fsp3) is 0.500. The SMILES string of the molecule is COC(=O)C1NCCn2ncc(Br)c21. The predicted octanol–water partition coefficient (Wildman–Crippen LogP) is 0.463. The van der Waals surface area contributed by atoms with Crippen LogP contribution in [0.1, 0.15) is 11.7 Å². The fourth-order valence-corrected chi connectivity index (χ4v) is 2.09. The van der Waals surface area contributed by atoms with Crippen LogP contribution in [0.25, 0.3) is 0 Å². The molecule has 6 heteroatoms. The van der Waals surface area contributed by atoms with Gasteiger partial charge in [0.05, 0.1) is 30.0 Å². The second-order valence-electron chi connectivity index (χ2n) is 3.01. The number of nitrogens with zero attached hydrogens (tertiary/aromatic N) is 2. The van der Waals surface area contributed by atoms with E-state index in [1.54, 1.807) is 6.20 Å². The average molecular weight is 260 g/mol. The van der Waals surface area contributed by atoms with E-state index < -0.39 is 6.04 Å². The Balaban J connectivity index is 2.38. The zero-order valence-electron chi connectivity index (χ0n) is 7.66. The summed E-state index contributed by atoms with van der Waals surface area (Å²) < 4.78 is 7.35. The lowest BCUT2D eigenvalue weighted by molar-refractivity contribution is -0.143. The van der Waals surface area contributed by atoms with Crippen molar-refractivity contribution in [1.82, 2.24) is 15.1 Å². The predicted molar refractivity (Wildman–Crippen MR) is 52.7 cm³/mol. The van der Waals surface area contributed by atoms with Gasteiger partial charge in [-0.2, -0.15) is 5.10 Å². The van der Waals surface area contributed by atoms with Gasteiger partial charge in [0.25, 0.3) is 0 Å². The van der Waals surface area contributed by atoms with Crippen LogP contribution in [-0.2, 0) is 16.1 Å². The molecule has 5 nitrogen and oxygen atoms in total. The van der Waals surface area contributed by atoms with E-state index in [-0.39, 0.29) is 5.97 Å². The first-order chi connectivity index (χ1) is 6.74. The minimum atomic E-state index is -0.411. The number of hydrogen-bond acceptors (Lipinski definition) is 4. The fourth-order valence-electron chi connectivity index (χ4n) is 1.56. The van der Waals surface area contributed by atoms with E-state index >= 15 is 0 Å². The molecule has 0 radical (unpaired) electrons. The number of aromatic nitrogens is 2. The first-order valence-electron chi connectivity index (χ1n) is 4.26. The molecule has 1 aromatic heterocycles. The Morgan fingerprint density at radius 3 is 3.36 bits per heavy atom. The summed E-state index contributed by atoms with van der Waals surface area (Å²) in [6, 6.07) is -0.411. The normalized spacial score (nSPS) is 20.3. The number of fused-ring (bicyclic) bond motifs is 1. The van der Waals surface area contributed by atoms with Crippen LogP contribution in [0.15, 0.2) is 10.7 Å². The summed E-state index contributed by atoms with van der Waals surface area (Å²) in [5, 5.41) is 7.23. The minimum Gasteiger partial charge on any atom is -0.468 e. The summed E-state index contributed by atoms with van der Waals surface area (Å²) in [5.41, 5.74) is 0.836. The summed E-state index contributed by atoms with van der Waals surface area (Å²) in [4.78, 5) is 11.4. The second-order valence-corrected chi connectivity index (χ2v) is 3.87. The molecule has 76 valence electrons. The summed E-state index contributed by atoms with van der Waals surface area (Å²) in [5.74, 6) is -0.285. The maximum absolute atomic E-state index is 11.4. The van der Waals surface area contributed by atoms with E-state index in [1.165, 1.54) is 7.11 Å². The lowest BCUT2D eigenvalue weighted by atomic mass is 10.2. The van der Waals surface area contributed by atoms with E-state index in [0.29, 0.717) is 0 Å². The number of carbonyl (C=O) groups excluding carboxylic acids is 1. The van der Waals surface area contributed by atoms with Crippen LogP contribution in [0.4, 0.5) is 0 Å². The minimum absolute atomic E-state index is 0.285. The number of methoxy groups -OCH3 is 1. The molecule has 2 rings (SSSR count). The topological polar surface area (TPSA) is 56.1 Å². The lowest BCUT2D eigenvalue weighted by Crippen LogP contribution is -2.38. The van der Waals surface area contributed by atoms with Crippen molar-refractivity contribution in [3.8, 4) is 0 Å². The number of ether oxygens (including phenoxy) is 1. The van der Waals surface area contributed by atoms with Crippen molar-refractivity contribution in [2.24, 2.45) is 0 Å². The van der Waals surface area contributed by atoms with E-state index in [1.807, 2.05) is 4.68 Å². The Kier molecular flexibility index (Phi) is 2.56. The molecule has 0 saturated heterocycles. The highest BCUT2D eigenvalue weighted by Crippen LogP contribution is 2.26. The van der Waals surface area contributed by atoms with Gasteiger partial charge >= 0.3 is 5.97 Å². The highest BCUT2D eigenvalue weighted by atomic mass is 79.9. The molecule has 1 aliphatic rings.